The monoisotopic (exact) mass is 184 g/mol. The Morgan fingerprint density at radius 3 is 1.60 bits per heavy atom. The van der Waals surface area contributed by atoms with E-state index in [1.54, 1.807) is 6.92 Å². The Morgan fingerprint density at radius 2 is 1.60 bits per heavy atom. The Kier molecular flexibility index (Phi) is 71.4. The van der Waals surface area contributed by atoms with Crippen molar-refractivity contribution < 1.29 is 36.5 Å². The van der Waals surface area contributed by atoms with Crippen LogP contribution in [0.3, 0.4) is 0 Å². The number of hydrogen-bond acceptors (Lipinski definition) is 0. The van der Waals surface area contributed by atoms with Gasteiger partial charge in [-0.1, -0.05) is 12.7 Å². The van der Waals surface area contributed by atoms with E-state index in [4.69, 9.17) is 6.58 Å². The van der Waals surface area contributed by atoms with E-state index < -0.39 is 0 Å². The third-order valence-corrected chi connectivity index (χ3v) is 0. The van der Waals surface area contributed by atoms with E-state index in [0.29, 0.717) is 0 Å². The van der Waals surface area contributed by atoms with Gasteiger partial charge in [0.15, 0.2) is 0 Å². The molecule has 5 heavy (non-hydrogen) atoms. The summed E-state index contributed by atoms with van der Waals surface area (Å²) in [6, 6.07) is 0. The van der Waals surface area contributed by atoms with Crippen molar-refractivity contribution in [1.82, 2.24) is 0 Å². The molecule has 0 aliphatic heterocycles. The fraction of sp³-hybridized carbons (Fsp3) is 0.333. The SMILES string of the molecule is [Br-].[CH]=CC.[Zn]. The van der Waals surface area contributed by atoms with Crippen LogP contribution >= 0.6 is 0 Å². The molecule has 0 spiro atoms. The average Bonchev–Trinajstić information content (AvgIpc) is 0.918. The first-order valence-corrected chi connectivity index (χ1v) is 0.911. The predicted octanol–water partition coefficient (Wildman–Crippen LogP) is -2.00. The zero-order valence-corrected chi connectivity index (χ0v) is 7.79. The van der Waals surface area contributed by atoms with Gasteiger partial charge in [-0.25, -0.2) is 0 Å². The van der Waals surface area contributed by atoms with Crippen LogP contribution in [0.1, 0.15) is 6.92 Å². The Labute approximate surface area is 56.2 Å². The van der Waals surface area contributed by atoms with Crippen molar-refractivity contribution in [2.24, 2.45) is 0 Å². The van der Waals surface area contributed by atoms with Crippen LogP contribution in [0.25, 0.3) is 0 Å². The van der Waals surface area contributed by atoms with Gasteiger partial charge in [0, 0.05) is 19.5 Å². The molecule has 0 aromatic carbocycles. The molecule has 0 fully saturated rings. The first-order chi connectivity index (χ1) is 1.41. The first-order valence-electron chi connectivity index (χ1n) is 0.911. The van der Waals surface area contributed by atoms with E-state index in [1.165, 1.54) is 6.08 Å². The maximum absolute atomic E-state index is 4.72. The molecule has 0 bridgehead atoms. The van der Waals surface area contributed by atoms with Crippen molar-refractivity contribution in [2.75, 3.05) is 0 Å². The topological polar surface area (TPSA) is 0 Å². The second kappa shape index (κ2) is 21.1. The second-order valence-corrected chi connectivity index (χ2v) is 0.333. The van der Waals surface area contributed by atoms with Gasteiger partial charge in [0.25, 0.3) is 0 Å². The first kappa shape index (κ1) is 17.0. The molecule has 0 saturated heterocycles. The molecule has 0 aliphatic rings. The maximum Gasteiger partial charge on any atom is 0 e. The molecular weight excluding hydrogens is 181 g/mol. The minimum atomic E-state index is 0. The molecule has 0 rings (SSSR count). The molecule has 0 heterocycles. The van der Waals surface area contributed by atoms with E-state index in [2.05, 4.69) is 0 Å². The third kappa shape index (κ3) is 55.1. The second-order valence-electron chi connectivity index (χ2n) is 0.333. The largest absolute Gasteiger partial charge is 1.00 e. The smallest absolute Gasteiger partial charge is 0 e. The summed E-state index contributed by atoms with van der Waals surface area (Å²) < 4.78 is 0. The van der Waals surface area contributed by atoms with Crippen molar-refractivity contribution in [3.8, 4) is 0 Å². The standard InChI is InChI=1S/C3H5.BrH.Zn/c1-3-2;;/h1,3H,2H3;1H;/p-1. The van der Waals surface area contributed by atoms with Crippen molar-refractivity contribution in [3.05, 3.63) is 12.7 Å². The van der Waals surface area contributed by atoms with Crippen LogP contribution in [0, 0.1) is 6.58 Å². The molecule has 0 saturated carbocycles. The van der Waals surface area contributed by atoms with Crippen LogP contribution < -0.4 is 17.0 Å². The molecule has 0 atom stereocenters. The molecule has 2 heteroatoms. The van der Waals surface area contributed by atoms with Gasteiger partial charge in [-0.2, -0.15) is 0 Å². The van der Waals surface area contributed by atoms with Crippen LogP contribution in [0.15, 0.2) is 6.08 Å². The van der Waals surface area contributed by atoms with Gasteiger partial charge in [-0.15, -0.1) is 0 Å². The minimum Gasteiger partial charge on any atom is -1.00 e. The van der Waals surface area contributed by atoms with Crippen LogP contribution in [0.4, 0.5) is 0 Å². The summed E-state index contributed by atoms with van der Waals surface area (Å²) in [7, 11) is 0. The van der Waals surface area contributed by atoms with Gasteiger partial charge in [-0.05, 0) is 6.92 Å². The molecule has 0 N–H and O–H groups in total. The maximum atomic E-state index is 4.72. The summed E-state index contributed by atoms with van der Waals surface area (Å²) >= 11 is 0. The van der Waals surface area contributed by atoms with E-state index in [9.17, 15) is 0 Å². The molecule has 0 aromatic rings. The van der Waals surface area contributed by atoms with Crippen LogP contribution in [-0.4, -0.2) is 0 Å². The van der Waals surface area contributed by atoms with E-state index in [-0.39, 0.29) is 36.5 Å². The minimum absolute atomic E-state index is 0. The fourth-order valence-electron chi connectivity index (χ4n) is 0. The van der Waals surface area contributed by atoms with Crippen LogP contribution in [0.2, 0.25) is 0 Å². The zero-order valence-electron chi connectivity index (χ0n) is 3.24. The normalized spacial score (nSPS) is 2.60. The van der Waals surface area contributed by atoms with Crippen molar-refractivity contribution in [3.63, 3.8) is 0 Å². The summed E-state index contributed by atoms with van der Waals surface area (Å²) in [5.41, 5.74) is 0. The van der Waals surface area contributed by atoms with E-state index >= 15 is 0 Å². The van der Waals surface area contributed by atoms with E-state index in [1.807, 2.05) is 0 Å². The molecule has 27 valence electrons. The van der Waals surface area contributed by atoms with Crippen molar-refractivity contribution in [2.45, 2.75) is 6.92 Å². The molecule has 1 radical (unpaired) electrons. The number of halogens is 1. The van der Waals surface area contributed by atoms with Gasteiger partial charge >= 0.3 is 0 Å². The Hall–Kier alpha value is 0.843. The molecule has 0 unspecified atom stereocenters. The number of rotatable bonds is 0. The molecule has 0 amide bonds. The number of allylic oxidation sites excluding steroid dienone is 1. The quantitative estimate of drug-likeness (QED) is 0.384. The summed E-state index contributed by atoms with van der Waals surface area (Å²) in [5.74, 6) is 0. The molecule has 0 nitrogen and oxygen atoms in total. The fourth-order valence-corrected chi connectivity index (χ4v) is 0. The Balaban J connectivity index is -0.0000000200. The predicted molar refractivity (Wildman–Crippen MR) is 14.5 cm³/mol. The summed E-state index contributed by atoms with van der Waals surface area (Å²) in [5, 5.41) is 0. The van der Waals surface area contributed by atoms with Gasteiger partial charge < -0.3 is 17.0 Å². The average molecular weight is 186 g/mol. The molecule has 0 aliphatic carbocycles. The molecular formula is C3H5BrZn-. The Bertz CT molecular complexity index is 14.4. The van der Waals surface area contributed by atoms with Crippen molar-refractivity contribution >= 4 is 0 Å². The summed E-state index contributed by atoms with van der Waals surface area (Å²) in [6.07, 6.45) is 1.50. The van der Waals surface area contributed by atoms with Gasteiger partial charge in [0.2, 0.25) is 0 Å². The Morgan fingerprint density at radius 1 is 1.60 bits per heavy atom. The van der Waals surface area contributed by atoms with Gasteiger partial charge in [0.05, 0.1) is 0 Å². The zero-order chi connectivity index (χ0) is 2.71. The van der Waals surface area contributed by atoms with E-state index in [0.717, 1.165) is 0 Å². The third-order valence-electron chi connectivity index (χ3n) is 0. The van der Waals surface area contributed by atoms with Crippen molar-refractivity contribution in [1.29, 1.82) is 0 Å². The van der Waals surface area contributed by atoms with Gasteiger partial charge in [-0.3, -0.25) is 0 Å². The summed E-state index contributed by atoms with van der Waals surface area (Å²) in [4.78, 5) is 0. The summed E-state index contributed by atoms with van der Waals surface area (Å²) in [6.45, 7) is 6.50. The number of hydrogen-bond donors (Lipinski definition) is 0. The van der Waals surface area contributed by atoms with Gasteiger partial charge in [0.1, 0.15) is 0 Å². The molecule has 0 aromatic heterocycles. The van der Waals surface area contributed by atoms with Crippen LogP contribution in [-0.2, 0) is 19.5 Å². The van der Waals surface area contributed by atoms with Crippen LogP contribution in [0.5, 0.6) is 0 Å².